The summed E-state index contributed by atoms with van der Waals surface area (Å²) in [5.41, 5.74) is 1.66. The third-order valence-electron chi connectivity index (χ3n) is 2.85. The van der Waals surface area contributed by atoms with Crippen molar-refractivity contribution in [1.82, 2.24) is 15.0 Å². The molecule has 106 valence electrons. The molecule has 0 radical (unpaired) electrons. The molecule has 5 nitrogen and oxygen atoms in total. The molecule has 0 bridgehead atoms. The van der Waals surface area contributed by atoms with Crippen molar-refractivity contribution in [2.75, 3.05) is 0 Å². The van der Waals surface area contributed by atoms with E-state index in [-0.39, 0.29) is 11.9 Å². The number of nitrogens with one attached hydrogen (secondary N) is 1. The van der Waals surface area contributed by atoms with Crippen molar-refractivity contribution in [2.45, 2.75) is 39.7 Å². The van der Waals surface area contributed by atoms with E-state index >= 15 is 0 Å². The van der Waals surface area contributed by atoms with E-state index in [1.165, 1.54) is 6.33 Å². The molecule has 2 aromatic rings. The lowest BCUT2D eigenvalue weighted by Crippen LogP contribution is -2.07. The van der Waals surface area contributed by atoms with Gasteiger partial charge in [-0.15, -0.1) is 0 Å². The van der Waals surface area contributed by atoms with Crippen molar-refractivity contribution in [3.63, 3.8) is 0 Å². The molecule has 0 saturated carbocycles. The van der Waals surface area contributed by atoms with E-state index in [2.05, 4.69) is 15.0 Å². The van der Waals surface area contributed by atoms with Gasteiger partial charge in [0.05, 0.1) is 11.5 Å². The third kappa shape index (κ3) is 3.23. The van der Waals surface area contributed by atoms with Crippen LogP contribution in [-0.4, -0.2) is 26.8 Å². The standard InChI is InChI=1S/C15H19N3O2/c1-4-12(19)7-5-6-11-8-16-14-13(11)15(18-9-17-14)20-10(2)3/h5-6,8-10H,4,7H2,1-3H3,(H,16,17,18)/b6-5+. The normalized spacial score (nSPS) is 11.6. The van der Waals surface area contributed by atoms with Crippen LogP contribution < -0.4 is 4.74 Å². The number of rotatable bonds is 6. The monoisotopic (exact) mass is 273 g/mol. The number of carbonyl (C=O) groups is 1. The molecule has 0 atom stereocenters. The fourth-order valence-electron chi connectivity index (χ4n) is 1.86. The number of nitrogens with zero attached hydrogens (tertiary/aromatic N) is 2. The van der Waals surface area contributed by atoms with Gasteiger partial charge in [-0.25, -0.2) is 9.97 Å². The molecule has 0 fully saturated rings. The van der Waals surface area contributed by atoms with Gasteiger partial charge in [0.15, 0.2) is 0 Å². The Morgan fingerprint density at radius 2 is 2.25 bits per heavy atom. The van der Waals surface area contributed by atoms with Crippen LogP contribution in [0.3, 0.4) is 0 Å². The molecule has 0 unspecified atom stereocenters. The number of aromatic nitrogens is 3. The highest BCUT2D eigenvalue weighted by molar-refractivity contribution is 5.91. The van der Waals surface area contributed by atoms with Gasteiger partial charge in [0, 0.05) is 24.6 Å². The molecular weight excluding hydrogens is 254 g/mol. The summed E-state index contributed by atoms with van der Waals surface area (Å²) in [6.45, 7) is 5.77. The third-order valence-corrected chi connectivity index (χ3v) is 2.85. The summed E-state index contributed by atoms with van der Waals surface area (Å²) >= 11 is 0. The molecule has 5 heteroatoms. The molecule has 20 heavy (non-hydrogen) atoms. The van der Waals surface area contributed by atoms with Crippen LogP contribution in [0.15, 0.2) is 18.6 Å². The Balaban J connectivity index is 2.31. The van der Waals surface area contributed by atoms with Gasteiger partial charge >= 0.3 is 0 Å². The first-order valence-corrected chi connectivity index (χ1v) is 6.78. The highest BCUT2D eigenvalue weighted by Gasteiger charge is 2.11. The lowest BCUT2D eigenvalue weighted by atomic mass is 10.1. The molecule has 0 saturated heterocycles. The number of hydrogen-bond acceptors (Lipinski definition) is 4. The number of Topliss-reactive ketones (excluding diaryl/α,β-unsaturated/α-hetero) is 1. The number of allylic oxidation sites excluding steroid dienone is 1. The number of aromatic amines is 1. The maximum absolute atomic E-state index is 11.3. The fourth-order valence-corrected chi connectivity index (χ4v) is 1.86. The molecule has 2 aromatic heterocycles. The van der Waals surface area contributed by atoms with Gasteiger partial charge in [-0.1, -0.05) is 19.1 Å². The van der Waals surface area contributed by atoms with Gasteiger partial charge in [-0.3, -0.25) is 4.79 Å². The number of ether oxygens (including phenoxy) is 1. The van der Waals surface area contributed by atoms with Crippen LogP contribution in [0.25, 0.3) is 17.1 Å². The smallest absolute Gasteiger partial charge is 0.226 e. The Kier molecular flexibility index (Phi) is 4.50. The quantitative estimate of drug-likeness (QED) is 0.878. The van der Waals surface area contributed by atoms with Gasteiger partial charge in [0.25, 0.3) is 0 Å². The Morgan fingerprint density at radius 1 is 1.45 bits per heavy atom. The van der Waals surface area contributed by atoms with E-state index in [1.807, 2.05) is 39.1 Å². The van der Waals surface area contributed by atoms with Gasteiger partial charge in [-0.05, 0) is 13.8 Å². The minimum Gasteiger partial charge on any atom is -0.474 e. The maximum atomic E-state index is 11.3. The molecule has 0 aliphatic carbocycles. The van der Waals surface area contributed by atoms with Crippen LogP contribution in [0.2, 0.25) is 0 Å². The number of carbonyl (C=O) groups excluding carboxylic acids is 1. The van der Waals surface area contributed by atoms with Gasteiger partial charge in [0.1, 0.15) is 17.8 Å². The summed E-state index contributed by atoms with van der Waals surface area (Å²) in [5.74, 6) is 0.781. The molecule has 0 aliphatic heterocycles. The second-order valence-electron chi connectivity index (χ2n) is 4.81. The van der Waals surface area contributed by atoms with Crippen molar-refractivity contribution in [3.05, 3.63) is 24.2 Å². The average molecular weight is 273 g/mol. The lowest BCUT2D eigenvalue weighted by molar-refractivity contribution is -0.117. The number of H-pyrrole nitrogens is 1. The minimum absolute atomic E-state index is 0.0431. The van der Waals surface area contributed by atoms with Crippen molar-refractivity contribution < 1.29 is 9.53 Å². The minimum atomic E-state index is 0.0431. The summed E-state index contributed by atoms with van der Waals surface area (Å²) in [6, 6.07) is 0. The van der Waals surface area contributed by atoms with Crippen LogP contribution >= 0.6 is 0 Å². The molecule has 2 rings (SSSR count). The van der Waals surface area contributed by atoms with E-state index in [9.17, 15) is 4.79 Å². The van der Waals surface area contributed by atoms with Crippen LogP contribution in [0.1, 0.15) is 39.2 Å². The zero-order chi connectivity index (χ0) is 14.5. The summed E-state index contributed by atoms with van der Waals surface area (Å²) in [5, 5.41) is 0.849. The first kappa shape index (κ1) is 14.2. The number of fused-ring (bicyclic) bond motifs is 1. The fraction of sp³-hybridized carbons (Fsp3) is 0.400. The second-order valence-corrected chi connectivity index (χ2v) is 4.81. The van der Waals surface area contributed by atoms with E-state index < -0.39 is 0 Å². The van der Waals surface area contributed by atoms with Crippen LogP contribution in [0.4, 0.5) is 0 Å². The first-order chi connectivity index (χ1) is 9.61. The maximum Gasteiger partial charge on any atom is 0.226 e. The largest absolute Gasteiger partial charge is 0.474 e. The lowest BCUT2D eigenvalue weighted by Gasteiger charge is -2.09. The van der Waals surface area contributed by atoms with E-state index in [1.54, 1.807) is 0 Å². The molecule has 0 aliphatic rings. The summed E-state index contributed by atoms with van der Waals surface area (Å²) in [6.07, 6.45) is 8.13. The van der Waals surface area contributed by atoms with Crippen molar-refractivity contribution in [3.8, 4) is 5.88 Å². The molecule has 1 N–H and O–H groups in total. The Labute approximate surface area is 118 Å². The predicted molar refractivity (Wildman–Crippen MR) is 78.6 cm³/mol. The van der Waals surface area contributed by atoms with E-state index in [4.69, 9.17) is 4.74 Å². The van der Waals surface area contributed by atoms with Crippen molar-refractivity contribution in [1.29, 1.82) is 0 Å². The topological polar surface area (TPSA) is 67.9 Å². The van der Waals surface area contributed by atoms with E-state index in [0.29, 0.717) is 18.7 Å². The van der Waals surface area contributed by atoms with Gasteiger partial charge in [-0.2, -0.15) is 0 Å². The zero-order valence-corrected chi connectivity index (χ0v) is 12.0. The first-order valence-electron chi connectivity index (χ1n) is 6.78. The second kappa shape index (κ2) is 6.32. The molecule has 2 heterocycles. The highest BCUT2D eigenvalue weighted by Crippen LogP contribution is 2.26. The average Bonchev–Trinajstić information content (AvgIpc) is 2.82. The highest BCUT2D eigenvalue weighted by atomic mass is 16.5. The van der Waals surface area contributed by atoms with Crippen LogP contribution in [0, 0.1) is 0 Å². The SMILES string of the molecule is CCC(=O)C/C=C/c1c[nH]c2ncnc(OC(C)C)c12. The summed E-state index contributed by atoms with van der Waals surface area (Å²) in [7, 11) is 0. The number of hydrogen-bond donors (Lipinski definition) is 1. The Hall–Kier alpha value is -2.17. The van der Waals surface area contributed by atoms with Crippen LogP contribution in [0.5, 0.6) is 5.88 Å². The van der Waals surface area contributed by atoms with Crippen molar-refractivity contribution in [2.24, 2.45) is 0 Å². The molecular formula is C15H19N3O2. The van der Waals surface area contributed by atoms with Crippen LogP contribution in [-0.2, 0) is 4.79 Å². The van der Waals surface area contributed by atoms with Gasteiger partial charge < -0.3 is 9.72 Å². The number of ketones is 1. The molecule has 0 amide bonds. The van der Waals surface area contributed by atoms with Gasteiger partial charge in [0.2, 0.25) is 5.88 Å². The Bertz CT molecular complexity index is 629. The van der Waals surface area contributed by atoms with E-state index in [0.717, 1.165) is 16.6 Å². The predicted octanol–water partition coefficient (Wildman–Crippen LogP) is 3.13. The Morgan fingerprint density at radius 3 is 2.95 bits per heavy atom. The zero-order valence-electron chi connectivity index (χ0n) is 12.0. The van der Waals surface area contributed by atoms with Crippen molar-refractivity contribution >= 4 is 22.9 Å². The molecule has 0 spiro atoms. The molecule has 0 aromatic carbocycles. The summed E-state index contributed by atoms with van der Waals surface area (Å²) < 4.78 is 5.70. The summed E-state index contributed by atoms with van der Waals surface area (Å²) in [4.78, 5) is 22.8.